The number of aromatic nitrogens is 3. The van der Waals surface area contributed by atoms with Gasteiger partial charge >= 0.3 is 5.97 Å². The van der Waals surface area contributed by atoms with Crippen LogP contribution in [0.5, 0.6) is 11.5 Å². The molecule has 2 saturated carbocycles. The van der Waals surface area contributed by atoms with Crippen molar-refractivity contribution in [1.82, 2.24) is 24.6 Å². The minimum Gasteiger partial charge on any atom is -0.491 e. The van der Waals surface area contributed by atoms with Crippen LogP contribution in [0.3, 0.4) is 0 Å². The number of esters is 1. The van der Waals surface area contributed by atoms with Gasteiger partial charge < -0.3 is 19.1 Å². The van der Waals surface area contributed by atoms with E-state index in [-0.39, 0.29) is 61.4 Å². The number of hydrogen-bond acceptors (Lipinski definition) is 12. The third kappa shape index (κ3) is 10.8. The van der Waals surface area contributed by atoms with Crippen molar-refractivity contribution in [2.24, 2.45) is 29.1 Å². The average molecular weight is 898 g/mol. The first kappa shape index (κ1) is 46.8. The van der Waals surface area contributed by atoms with Gasteiger partial charge in [-0.05, 0) is 122 Å². The van der Waals surface area contributed by atoms with Crippen LogP contribution in [-0.2, 0) is 33.9 Å². The Morgan fingerprint density at radius 3 is 2.36 bits per heavy atom. The van der Waals surface area contributed by atoms with Gasteiger partial charge in [-0.1, -0.05) is 26.0 Å². The summed E-state index contributed by atoms with van der Waals surface area (Å²) < 4.78 is 46.4. The van der Waals surface area contributed by atoms with E-state index in [1.54, 1.807) is 58.4 Å². The number of ether oxygens (including phenoxy) is 3. The molecule has 14 nitrogen and oxygen atoms in total. The fraction of sp³-hybridized carbons (Fsp3) is 0.571. The minimum absolute atomic E-state index is 0.0000110. The van der Waals surface area contributed by atoms with Gasteiger partial charge in [0.15, 0.2) is 5.78 Å². The molecule has 0 bridgehead atoms. The van der Waals surface area contributed by atoms with Gasteiger partial charge in [0.1, 0.15) is 28.9 Å². The summed E-state index contributed by atoms with van der Waals surface area (Å²) in [6.45, 7) is 15.0. The Hall–Kier alpha value is -5.18. The summed E-state index contributed by atoms with van der Waals surface area (Å²) in [5.74, 6) is -2.00. The minimum atomic E-state index is -3.98. The molecule has 0 radical (unpaired) electrons. The number of carbonyl (C=O) groups excluding carboxylic acids is 4. The van der Waals surface area contributed by atoms with E-state index in [1.165, 1.54) is 4.90 Å². The molecule has 3 aromatic rings. The third-order valence-corrected chi connectivity index (χ3v) is 15.2. The molecule has 1 aromatic carbocycles. The maximum atomic E-state index is 15.1. The fourth-order valence-electron chi connectivity index (χ4n) is 9.10. The first-order valence-electron chi connectivity index (χ1n) is 22.7. The molecule has 7 rings (SSSR count). The molecule has 1 unspecified atom stereocenters. The molecule has 1 saturated heterocycles. The third-order valence-electron chi connectivity index (χ3n) is 13.1. The first-order valence-corrected chi connectivity index (χ1v) is 24.1. The molecule has 1 N–H and O–H groups in total. The number of pyridine rings is 1. The molecule has 2 aromatic heterocycles. The highest BCUT2D eigenvalue weighted by molar-refractivity contribution is 7.91. The molecule has 344 valence electrons. The number of fused-ring (bicyclic) bond motifs is 2. The second-order valence-corrected chi connectivity index (χ2v) is 22.2. The highest BCUT2D eigenvalue weighted by atomic mass is 32.2. The number of nitrogens with zero attached hydrogens (tertiary/aromatic N) is 4. The van der Waals surface area contributed by atoms with E-state index < -0.39 is 55.7 Å². The number of carbonyl (C=O) groups is 4. The molecular weight excluding hydrogens is 835 g/mol. The van der Waals surface area contributed by atoms with E-state index >= 15 is 4.79 Å². The van der Waals surface area contributed by atoms with Crippen molar-refractivity contribution < 1.29 is 41.8 Å². The number of benzene rings is 1. The van der Waals surface area contributed by atoms with Gasteiger partial charge in [-0.25, -0.2) is 13.4 Å². The normalized spacial score (nSPS) is 27.6. The lowest BCUT2D eigenvalue weighted by Crippen LogP contribution is -2.48. The smallest absolute Gasteiger partial charge is 0.307 e. The van der Waals surface area contributed by atoms with Crippen molar-refractivity contribution in [2.75, 3.05) is 6.54 Å². The number of ketones is 1. The molecular formula is C49H63N5O9S. The molecule has 64 heavy (non-hydrogen) atoms. The zero-order valence-electron chi connectivity index (χ0n) is 38.3. The number of rotatable bonds is 11. The van der Waals surface area contributed by atoms with Gasteiger partial charge in [-0.15, -0.1) is 0 Å². The summed E-state index contributed by atoms with van der Waals surface area (Å²) in [4.78, 5) is 72.8. The zero-order chi connectivity index (χ0) is 46.2. The standard InChI is InChI=1S/C49H63N5O9S/c1-30(2)61-35-15-13-33(14-16-35)39-22-36(23-40(52-39)41-28-50-19-20-51-41)62-37-24-42-43(55)27-49(46(58)53-64(59,60)48(8)17-18-48)26-34(49)12-10-9-11-31(3)21-32(4)38(45(57)54(42)29-37)25-44(56)63-47(5,6)7/h10,12-16,19-20,22-23,28,30-32,34,37-38,42H,9,11,17-18,21,24-27,29H2,1-8H3,(H,53,58)/b12-10-/t31?,32-,34-,37-,38+,42+,49-/m1/s1. The predicted molar refractivity (Wildman–Crippen MR) is 241 cm³/mol. The van der Waals surface area contributed by atoms with Crippen LogP contribution in [0, 0.1) is 29.1 Å². The van der Waals surface area contributed by atoms with Gasteiger partial charge in [-0.3, -0.25) is 33.9 Å². The summed E-state index contributed by atoms with van der Waals surface area (Å²) in [5, 5.41) is 0. The molecule has 4 aliphatic rings. The van der Waals surface area contributed by atoms with E-state index in [9.17, 15) is 22.8 Å². The van der Waals surface area contributed by atoms with Crippen molar-refractivity contribution in [3.63, 3.8) is 0 Å². The van der Waals surface area contributed by atoms with Gasteiger partial charge in [0.05, 0.1) is 58.8 Å². The molecule has 3 fully saturated rings. The van der Waals surface area contributed by atoms with E-state index in [4.69, 9.17) is 19.2 Å². The Kier molecular flexibility index (Phi) is 13.4. The molecule has 7 atom stereocenters. The molecule has 2 aliphatic heterocycles. The van der Waals surface area contributed by atoms with Crippen LogP contribution in [0.15, 0.2) is 67.1 Å². The Bertz CT molecular complexity index is 2360. The lowest BCUT2D eigenvalue weighted by molar-refractivity contribution is -0.160. The largest absolute Gasteiger partial charge is 0.491 e. The quantitative estimate of drug-likeness (QED) is 0.147. The Balaban J connectivity index is 1.24. The van der Waals surface area contributed by atoms with Crippen LogP contribution < -0.4 is 14.2 Å². The summed E-state index contributed by atoms with van der Waals surface area (Å²) in [5.41, 5.74) is 0.325. The number of sulfonamides is 1. The highest BCUT2D eigenvalue weighted by Gasteiger charge is 2.62. The van der Waals surface area contributed by atoms with E-state index in [2.05, 4.69) is 21.6 Å². The first-order chi connectivity index (χ1) is 30.1. The van der Waals surface area contributed by atoms with Crippen molar-refractivity contribution in [3.05, 3.63) is 67.1 Å². The fourth-order valence-corrected chi connectivity index (χ4v) is 10.4. The SMILES string of the molecule is CC1CC/C=C\[C@@H]2C[C@@]2(C(=O)NS(=O)(=O)C2(C)CC2)CC(=O)[C@@H]2C[C@@H](Oc3cc(-c4ccc(OC(C)C)cc4)nc(-c4cnccn4)c3)CN2C(=O)[C@@H](CC(=O)OC(C)(C)C)[C@H](C)C1. The van der Waals surface area contributed by atoms with Crippen molar-refractivity contribution >= 4 is 33.6 Å². The summed E-state index contributed by atoms with van der Waals surface area (Å²) in [6.07, 6.45) is 11.1. The number of amides is 2. The van der Waals surface area contributed by atoms with Crippen LogP contribution in [0.2, 0.25) is 0 Å². The van der Waals surface area contributed by atoms with Crippen LogP contribution >= 0.6 is 0 Å². The summed E-state index contributed by atoms with van der Waals surface area (Å²) >= 11 is 0. The maximum Gasteiger partial charge on any atom is 0.307 e. The average Bonchev–Trinajstić information content (AvgIpc) is 4.11. The molecule has 0 spiro atoms. The van der Waals surface area contributed by atoms with E-state index in [0.717, 1.165) is 12.0 Å². The summed E-state index contributed by atoms with van der Waals surface area (Å²) in [7, 11) is -3.98. The van der Waals surface area contributed by atoms with Gasteiger partial charge in [0, 0.05) is 42.9 Å². The Morgan fingerprint density at radius 2 is 1.70 bits per heavy atom. The van der Waals surface area contributed by atoms with Crippen LogP contribution in [0.25, 0.3) is 22.6 Å². The van der Waals surface area contributed by atoms with Crippen molar-refractivity contribution in [3.8, 4) is 34.1 Å². The molecule has 4 heterocycles. The highest BCUT2D eigenvalue weighted by Crippen LogP contribution is 2.58. The second kappa shape index (κ2) is 18.4. The van der Waals surface area contributed by atoms with Crippen LogP contribution in [0.4, 0.5) is 0 Å². The van der Waals surface area contributed by atoms with Gasteiger partial charge in [0.2, 0.25) is 21.8 Å². The number of Topliss-reactive ketones (excluding diaryl/α,β-unsaturated/α-hetero) is 1. The van der Waals surface area contributed by atoms with E-state index in [0.29, 0.717) is 60.7 Å². The monoisotopic (exact) mass is 897 g/mol. The lowest BCUT2D eigenvalue weighted by atomic mass is 9.82. The molecule has 15 heteroatoms. The molecule has 2 amide bonds. The topological polar surface area (TPSA) is 184 Å². The van der Waals surface area contributed by atoms with E-state index in [1.807, 2.05) is 57.2 Å². The number of hydrogen-bond donors (Lipinski definition) is 1. The zero-order valence-corrected chi connectivity index (χ0v) is 39.2. The lowest BCUT2D eigenvalue weighted by Gasteiger charge is -2.32. The molecule has 2 aliphatic carbocycles. The second-order valence-electron chi connectivity index (χ2n) is 20.1. The van der Waals surface area contributed by atoms with Crippen molar-refractivity contribution in [2.45, 2.75) is 142 Å². The van der Waals surface area contributed by atoms with Gasteiger partial charge in [-0.2, -0.15) is 0 Å². The number of nitrogens with one attached hydrogen (secondary N) is 1. The van der Waals surface area contributed by atoms with Crippen LogP contribution in [-0.4, -0.2) is 87.0 Å². The van der Waals surface area contributed by atoms with Crippen LogP contribution in [0.1, 0.15) is 113 Å². The maximum absolute atomic E-state index is 15.1. The Morgan fingerprint density at radius 1 is 0.984 bits per heavy atom. The predicted octanol–water partition coefficient (Wildman–Crippen LogP) is 7.67. The summed E-state index contributed by atoms with van der Waals surface area (Å²) in [6, 6.07) is 10.1. The Labute approximate surface area is 377 Å². The van der Waals surface area contributed by atoms with Gasteiger partial charge in [0.25, 0.3) is 0 Å². The van der Waals surface area contributed by atoms with Crippen molar-refractivity contribution in [1.29, 1.82) is 0 Å². The number of allylic oxidation sites excluding steroid dienone is 2.